The molecular formula is C20H26N2O4S. The van der Waals surface area contributed by atoms with Crippen LogP contribution in [0.3, 0.4) is 0 Å². The van der Waals surface area contributed by atoms with E-state index < -0.39 is 17.4 Å². The van der Waals surface area contributed by atoms with Gasteiger partial charge in [-0.15, -0.1) is 11.3 Å². The van der Waals surface area contributed by atoms with Gasteiger partial charge in [0.15, 0.2) is 0 Å². The Hall–Kier alpha value is -2.12. The molecule has 27 heavy (non-hydrogen) atoms. The molecule has 0 aliphatic carbocycles. The molecule has 1 amide bonds. The molecule has 3 rings (SSSR count). The molecule has 1 unspecified atom stereocenters. The van der Waals surface area contributed by atoms with Crippen LogP contribution in [-0.4, -0.2) is 41.0 Å². The highest BCUT2D eigenvalue weighted by molar-refractivity contribution is 7.15. The van der Waals surface area contributed by atoms with Crippen LogP contribution in [0.25, 0.3) is 10.4 Å². The van der Waals surface area contributed by atoms with Crippen LogP contribution < -0.4 is 4.74 Å². The molecule has 1 aromatic carbocycles. The summed E-state index contributed by atoms with van der Waals surface area (Å²) in [5, 5.41) is 0.831. The maximum absolute atomic E-state index is 12.8. The Bertz CT molecular complexity index is 808. The number of nitrogens with zero attached hydrogens (tertiary/aromatic N) is 2. The van der Waals surface area contributed by atoms with E-state index >= 15 is 0 Å². The SMILES string of the molecule is COc1ccc(-c2cnc(C3COC(C)(C)N3C(=O)OC(C)(C)C)s2)cc1. The summed E-state index contributed by atoms with van der Waals surface area (Å²) in [5.41, 5.74) is -0.266. The second-order valence-corrected chi connectivity index (χ2v) is 8.98. The smallest absolute Gasteiger partial charge is 0.413 e. The van der Waals surface area contributed by atoms with Gasteiger partial charge in [-0.2, -0.15) is 0 Å². The molecule has 1 saturated heterocycles. The Morgan fingerprint density at radius 3 is 2.56 bits per heavy atom. The second kappa shape index (κ2) is 7.13. The number of benzene rings is 1. The number of aromatic nitrogens is 1. The van der Waals surface area contributed by atoms with Crippen molar-refractivity contribution in [2.24, 2.45) is 0 Å². The third kappa shape index (κ3) is 4.25. The lowest BCUT2D eigenvalue weighted by atomic mass is 10.2. The maximum atomic E-state index is 12.8. The van der Waals surface area contributed by atoms with Crippen LogP contribution in [0.4, 0.5) is 4.79 Å². The Morgan fingerprint density at radius 2 is 1.96 bits per heavy atom. The van der Waals surface area contributed by atoms with Gasteiger partial charge in [-0.05, 0) is 64.4 Å². The summed E-state index contributed by atoms with van der Waals surface area (Å²) in [6, 6.07) is 7.56. The summed E-state index contributed by atoms with van der Waals surface area (Å²) in [6.45, 7) is 9.70. The predicted molar refractivity (Wildman–Crippen MR) is 105 cm³/mol. The molecule has 0 spiro atoms. The fraction of sp³-hybridized carbons (Fsp3) is 0.500. The Morgan fingerprint density at radius 1 is 1.30 bits per heavy atom. The fourth-order valence-electron chi connectivity index (χ4n) is 2.97. The van der Waals surface area contributed by atoms with E-state index in [1.54, 1.807) is 23.3 Å². The van der Waals surface area contributed by atoms with Gasteiger partial charge in [0.2, 0.25) is 0 Å². The van der Waals surface area contributed by atoms with E-state index in [2.05, 4.69) is 4.98 Å². The molecule has 2 aromatic rings. The van der Waals surface area contributed by atoms with E-state index in [4.69, 9.17) is 14.2 Å². The van der Waals surface area contributed by atoms with Gasteiger partial charge in [0.25, 0.3) is 0 Å². The first-order chi connectivity index (χ1) is 12.6. The molecule has 7 heteroatoms. The zero-order valence-electron chi connectivity index (χ0n) is 16.6. The monoisotopic (exact) mass is 390 g/mol. The highest BCUT2D eigenvalue weighted by atomic mass is 32.1. The van der Waals surface area contributed by atoms with Gasteiger partial charge in [-0.3, -0.25) is 4.90 Å². The zero-order valence-corrected chi connectivity index (χ0v) is 17.4. The lowest BCUT2D eigenvalue weighted by molar-refractivity contribution is -0.0626. The molecule has 1 atom stereocenters. The van der Waals surface area contributed by atoms with E-state index in [1.807, 2.05) is 65.1 Å². The first-order valence-corrected chi connectivity index (χ1v) is 9.69. The van der Waals surface area contributed by atoms with Crippen LogP contribution in [0.2, 0.25) is 0 Å². The van der Waals surface area contributed by atoms with Crippen molar-refractivity contribution in [1.29, 1.82) is 0 Å². The standard InChI is InChI=1S/C20H26N2O4S/c1-19(2,3)26-18(23)22-15(12-25-20(22,4)5)17-21-11-16(27-17)13-7-9-14(24-6)10-8-13/h7-11,15H,12H2,1-6H3. The van der Waals surface area contributed by atoms with Crippen molar-refractivity contribution < 1.29 is 19.0 Å². The number of ether oxygens (including phenoxy) is 3. The van der Waals surface area contributed by atoms with Gasteiger partial charge in [-0.1, -0.05) is 0 Å². The minimum atomic E-state index is -0.751. The van der Waals surface area contributed by atoms with Crippen LogP contribution in [0, 0.1) is 0 Å². The Kier molecular flexibility index (Phi) is 5.18. The molecule has 1 aromatic heterocycles. The minimum absolute atomic E-state index is 0.271. The first kappa shape index (κ1) is 19.6. The number of hydrogen-bond donors (Lipinski definition) is 0. The number of thiazole rings is 1. The van der Waals surface area contributed by atoms with Crippen LogP contribution in [0.5, 0.6) is 5.75 Å². The van der Waals surface area contributed by atoms with Crippen molar-refractivity contribution in [2.45, 2.75) is 52.0 Å². The highest BCUT2D eigenvalue weighted by Crippen LogP contribution is 2.41. The quantitative estimate of drug-likeness (QED) is 0.749. The molecule has 0 bridgehead atoms. The van der Waals surface area contributed by atoms with Crippen LogP contribution in [-0.2, 0) is 9.47 Å². The lowest BCUT2D eigenvalue weighted by Crippen LogP contribution is -2.47. The summed E-state index contributed by atoms with van der Waals surface area (Å²) in [6.07, 6.45) is 1.44. The van der Waals surface area contributed by atoms with Gasteiger partial charge in [0.05, 0.1) is 18.6 Å². The molecule has 2 heterocycles. The first-order valence-electron chi connectivity index (χ1n) is 8.87. The van der Waals surface area contributed by atoms with E-state index in [-0.39, 0.29) is 6.04 Å². The molecule has 0 N–H and O–H groups in total. The normalized spacial score (nSPS) is 19.2. The Labute approximate surface area is 164 Å². The second-order valence-electron chi connectivity index (χ2n) is 7.92. The van der Waals surface area contributed by atoms with Crippen LogP contribution >= 0.6 is 11.3 Å². The van der Waals surface area contributed by atoms with Gasteiger partial charge >= 0.3 is 6.09 Å². The van der Waals surface area contributed by atoms with Gasteiger partial charge in [-0.25, -0.2) is 9.78 Å². The summed E-state index contributed by atoms with van der Waals surface area (Å²) < 4.78 is 16.7. The van der Waals surface area contributed by atoms with Crippen LogP contribution in [0.1, 0.15) is 45.7 Å². The number of amides is 1. The van der Waals surface area contributed by atoms with E-state index in [1.165, 1.54) is 0 Å². The van der Waals surface area contributed by atoms with Crippen molar-refractivity contribution in [1.82, 2.24) is 9.88 Å². The summed E-state index contributed by atoms with van der Waals surface area (Å²) in [4.78, 5) is 20.0. The van der Waals surface area contributed by atoms with Gasteiger partial charge < -0.3 is 14.2 Å². The molecule has 1 fully saturated rings. The minimum Gasteiger partial charge on any atom is -0.497 e. The number of hydrogen-bond acceptors (Lipinski definition) is 6. The van der Waals surface area contributed by atoms with Gasteiger partial charge in [0, 0.05) is 6.20 Å². The molecule has 6 nitrogen and oxygen atoms in total. The van der Waals surface area contributed by atoms with Crippen molar-refractivity contribution in [3.63, 3.8) is 0 Å². The fourth-order valence-corrected chi connectivity index (χ4v) is 3.97. The topological polar surface area (TPSA) is 60.9 Å². The van der Waals surface area contributed by atoms with Crippen molar-refractivity contribution >= 4 is 17.4 Å². The highest BCUT2D eigenvalue weighted by Gasteiger charge is 2.47. The third-order valence-corrected chi connectivity index (χ3v) is 5.41. The molecular weight excluding hydrogens is 364 g/mol. The molecule has 146 valence electrons. The van der Waals surface area contributed by atoms with Crippen LogP contribution in [0.15, 0.2) is 30.5 Å². The predicted octanol–water partition coefficient (Wildman–Crippen LogP) is 4.86. The number of carbonyl (C=O) groups is 1. The summed E-state index contributed by atoms with van der Waals surface area (Å²) in [5.74, 6) is 0.811. The average molecular weight is 391 g/mol. The molecule has 0 saturated carbocycles. The molecule has 0 radical (unpaired) electrons. The summed E-state index contributed by atoms with van der Waals surface area (Å²) >= 11 is 1.56. The number of methoxy groups -OCH3 is 1. The lowest BCUT2D eigenvalue weighted by Gasteiger charge is -2.34. The molecule has 1 aliphatic heterocycles. The van der Waals surface area contributed by atoms with Crippen molar-refractivity contribution in [3.05, 3.63) is 35.5 Å². The maximum Gasteiger partial charge on any atom is 0.413 e. The Balaban J connectivity index is 1.86. The van der Waals surface area contributed by atoms with E-state index in [0.717, 1.165) is 21.2 Å². The zero-order chi connectivity index (χ0) is 19.8. The van der Waals surface area contributed by atoms with Crippen molar-refractivity contribution in [3.8, 4) is 16.2 Å². The van der Waals surface area contributed by atoms with E-state index in [0.29, 0.717) is 6.61 Å². The van der Waals surface area contributed by atoms with Crippen molar-refractivity contribution in [2.75, 3.05) is 13.7 Å². The van der Waals surface area contributed by atoms with Gasteiger partial charge in [0.1, 0.15) is 28.1 Å². The number of carbonyl (C=O) groups excluding carboxylic acids is 1. The number of rotatable bonds is 3. The largest absolute Gasteiger partial charge is 0.497 e. The third-order valence-electron chi connectivity index (χ3n) is 4.26. The van der Waals surface area contributed by atoms with E-state index in [9.17, 15) is 4.79 Å². The molecule has 1 aliphatic rings. The summed E-state index contributed by atoms with van der Waals surface area (Å²) in [7, 11) is 1.65. The average Bonchev–Trinajstić information content (AvgIpc) is 3.17.